The van der Waals surface area contributed by atoms with Crippen LogP contribution in [0.25, 0.3) is 33.1 Å². The van der Waals surface area contributed by atoms with Crippen LogP contribution in [0.4, 0.5) is 8.78 Å². The number of nitrogens with zero attached hydrogens (tertiary/aromatic N) is 3. The Morgan fingerprint density at radius 2 is 1.79 bits per heavy atom. The Morgan fingerprint density at radius 1 is 0.966 bits per heavy atom. The van der Waals surface area contributed by atoms with Crippen LogP contribution in [-0.2, 0) is 6.54 Å². The number of hydrogen-bond donors (Lipinski definition) is 1. The van der Waals surface area contributed by atoms with E-state index in [-0.39, 0.29) is 12.1 Å². The minimum atomic E-state index is -0.713. The van der Waals surface area contributed by atoms with E-state index in [9.17, 15) is 13.6 Å². The molecule has 3 heterocycles. The Bertz CT molecular complexity index is 1420. The van der Waals surface area contributed by atoms with Crippen molar-refractivity contribution in [3.05, 3.63) is 94.8 Å². The highest BCUT2D eigenvalue weighted by Crippen LogP contribution is 2.28. The molecule has 0 amide bonds. The van der Waals surface area contributed by atoms with Crippen LogP contribution < -0.4 is 5.56 Å². The Balaban J connectivity index is 1.59. The van der Waals surface area contributed by atoms with Gasteiger partial charge in [0.1, 0.15) is 11.6 Å². The highest BCUT2D eigenvalue weighted by atomic mass is 19.1. The molecule has 5 nitrogen and oxygen atoms in total. The fraction of sp³-hybridized carbons (Fsp3) is 0.0455. The van der Waals surface area contributed by atoms with Gasteiger partial charge in [-0.3, -0.25) is 14.3 Å². The SMILES string of the molecule is O=c1cnc2ccncc2n1Cc1c(F)cc(-c2ccc3[nH]ccc3c2)cc1F. The summed E-state index contributed by atoms with van der Waals surface area (Å²) in [4.78, 5) is 23.4. The molecule has 0 spiro atoms. The Labute approximate surface area is 163 Å². The summed E-state index contributed by atoms with van der Waals surface area (Å²) in [6.45, 7) is -0.252. The number of benzene rings is 2. The molecule has 0 unspecified atom stereocenters. The molecule has 29 heavy (non-hydrogen) atoms. The average Bonchev–Trinajstić information content (AvgIpc) is 3.19. The van der Waals surface area contributed by atoms with Crippen LogP contribution in [0.5, 0.6) is 0 Å². The Hall–Kier alpha value is -3.87. The molecule has 0 aliphatic heterocycles. The van der Waals surface area contributed by atoms with Crippen molar-refractivity contribution in [2.24, 2.45) is 0 Å². The van der Waals surface area contributed by atoms with Gasteiger partial charge in [-0.2, -0.15) is 0 Å². The second-order valence-electron chi connectivity index (χ2n) is 6.75. The first-order valence-electron chi connectivity index (χ1n) is 8.95. The molecule has 2 aromatic carbocycles. The Morgan fingerprint density at radius 3 is 2.62 bits per heavy atom. The van der Waals surface area contributed by atoms with E-state index in [2.05, 4.69) is 15.0 Å². The van der Waals surface area contributed by atoms with E-state index in [4.69, 9.17) is 0 Å². The lowest BCUT2D eigenvalue weighted by Crippen LogP contribution is -2.22. The number of nitrogens with one attached hydrogen (secondary N) is 1. The summed E-state index contributed by atoms with van der Waals surface area (Å²) in [5.74, 6) is -1.43. The monoisotopic (exact) mass is 388 g/mol. The molecule has 142 valence electrons. The van der Waals surface area contributed by atoms with Gasteiger partial charge >= 0.3 is 0 Å². The van der Waals surface area contributed by atoms with Crippen LogP contribution in [-0.4, -0.2) is 19.5 Å². The number of aromatic amines is 1. The predicted octanol–water partition coefficient (Wildman–Crippen LogP) is 4.27. The molecule has 0 saturated carbocycles. The smallest absolute Gasteiger partial charge is 0.269 e. The summed E-state index contributed by atoms with van der Waals surface area (Å²) in [5.41, 5.74) is 2.39. The van der Waals surface area contributed by atoms with E-state index in [1.54, 1.807) is 18.3 Å². The van der Waals surface area contributed by atoms with Gasteiger partial charge in [-0.15, -0.1) is 0 Å². The van der Waals surface area contributed by atoms with Gasteiger partial charge in [-0.25, -0.2) is 13.8 Å². The number of fused-ring (bicyclic) bond motifs is 2. The molecule has 3 aromatic heterocycles. The van der Waals surface area contributed by atoms with Crippen molar-refractivity contribution in [3.8, 4) is 11.1 Å². The summed E-state index contributed by atoms with van der Waals surface area (Å²) in [7, 11) is 0. The van der Waals surface area contributed by atoms with Gasteiger partial charge in [-0.05, 0) is 52.9 Å². The minimum absolute atomic E-state index is 0.185. The number of rotatable bonds is 3. The summed E-state index contributed by atoms with van der Waals surface area (Å²) in [5, 5.41) is 0.953. The highest BCUT2D eigenvalue weighted by Gasteiger charge is 2.15. The molecule has 0 saturated heterocycles. The van der Waals surface area contributed by atoms with Crippen LogP contribution in [0.1, 0.15) is 5.56 Å². The fourth-order valence-corrected chi connectivity index (χ4v) is 3.48. The first-order valence-corrected chi connectivity index (χ1v) is 8.95. The maximum atomic E-state index is 14.9. The van der Waals surface area contributed by atoms with Gasteiger partial charge in [0.15, 0.2) is 0 Å². The summed E-state index contributed by atoms with van der Waals surface area (Å²) >= 11 is 0. The van der Waals surface area contributed by atoms with Gasteiger partial charge in [-0.1, -0.05) is 6.07 Å². The van der Waals surface area contributed by atoms with Crippen LogP contribution >= 0.6 is 0 Å². The lowest BCUT2D eigenvalue weighted by Gasteiger charge is -2.12. The van der Waals surface area contributed by atoms with Crippen molar-refractivity contribution in [1.82, 2.24) is 19.5 Å². The third kappa shape index (κ3) is 2.97. The highest BCUT2D eigenvalue weighted by molar-refractivity contribution is 5.85. The number of H-pyrrole nitrogens is 1. The third-order valence-electron chi connectivity index (χ3n) is 4.99. The maximum absolute atomic E-state index is 14.9. The number of pyridine rings is 1. The maximum Gasteiger partial charge on any atom is 0.269 e. The number of hydrogen-bond acceptors (Lipinski definition) is 3. The quantitative estimate of drug-likeness (QED) is 0.502. The van der Waals surface area contributed by atoms with Gasteiger partial charge in [0, 0.05) is 23.5 Å². The molecule has 0 aliphatic carbocycles. The lowest BCUT2D eigenvalue weighted by atomic mass is 10.0. The zero-order valence-electron chi connectivity index (χ0n) is 15.1. The number of aromatic nitrogens is 4. The van der Waals surface area contributed by atoms with E-state index >= 15 is 0 Å². The molecular weight excluding hydrogens is 374 g/mol. The normalized spacial score (nSPS) is 11.4. The topological polar surface area (TPSA) is 63.6 Å². The van der Waals surface area contributed by atoms with E-state index in [1.807, 2.05) is 24.4 Å². The van der Waals surface area contributed by atoms with Crippen molar-refractivity contribution < 1.29 is 8.78 Å². The van der Waals surface area contributed by atoms with Crippen LogP contribution in [0.3, 0.4) is 0 Å². The van der Waals surface area contributed by atoms with E-state index in [0.29, 0.717) is 22.2 Å². The van der Waals surface area contributed by atoms with Crippen molar-refractivity contribution in [1.29, 1.82) is 0 Å². The lowest BCUT2D eigenvalue weighted by molar-refractivity contribution is 0.545. The molecule has 0 atom stereocenters. The summed E-state index contributed by atoms with van der Waals surface area (Å²) < 4.78 is 31.0. The molecule has 1 N–H and O–H groups in total. The zero-order chi connectivity index (χ0) is 20.0. The third-order valence-corrected chi connectivity index (χ3v) is 4.99. The zero-order valence-corrected chi connectivity index (χ0v) is 15.1. The van der Waals surface area contributed by atoms with Crippen LogP contribution in [0.15, 0.2) is 72.0 Å². The Kier molecular flexibility index (Phi) is 3.94. The van der Waals surface area contributed by atoms with Crippen LogP contribution in [0.2, 0.25) is 0 Å². The first-order chi connectivity index (χ1) is 14.1. The largest absolute Gasteiger partial charge is 0.361 e. The summed E-state index contributed by atoms with van der Waals surface area (Å²) in [6, 6.07) is 11.7. The van der Waals surface area contributed by atoms with Crippen LogP contribution in [0, 0.1) is 11.6 Å². The minimum Gasteiger partial charge on any atom is -0.361 e. The molecule has 0 aliphatic rings. The molecule has 7 heteroatoms. The van der Waals surface area contributed by atoms with Crippen molar-refractivity contribution in [2.75, 3.05) is 0 Å². The predicted molar refractivity (Wildman–Crippen MR) is 107 cm³/mol. The van der Waals surface area contributed by atoms with E-state index in [1.165, 1.54) is 22.9 Å². The van der Waals surface area contributed by atoms with E-state index in [0.717, 1.165) is 17.1 Å². The molecule has 0 bridgehead atoms. The van der Waals surface area contributed by atoms with Gasteiger partial charge < -0.3 is 4.98 Å². The first kappa shape index (κ1) is 17.2. The second kappa shape index (κ2) is 6.63. The van der Waals surface area contributed by atoms with Gasteiger partial charge in [0.2, 0.25) is 0 Å². The molecular formula is C22H14F2N4O. The number of halogens is 2. The molecule has 0 fully saturated rings. The average molecular weight is 388 g/mol. The molecule has 5 aromatic rings. The summed E-state index contributed by atoms with van der Waals surface area (Å²) in [6.07, 6.45) is 5.95. The molecule has 0 radical (unpaired) electrons. The van der Waals surface area contributed by atoms with Gasteiger partial charge in [0.05, 0.1) is 30.0 Å². The molecule has 5 rings (SSSR count). The standard InChI is InChI=1S/C22H14F2N4O/c23-17-8-15(13-1-2-19-14(7-13)3-6-26-19)9-18(24)16(17)12-28-21-10-25-5-4-20(21)27-11-22(28)29/h1-11,26H,12H2. The second-order valence-corrected chi connectivity index (χ2v) is 6.75. The fourth-order valence-electron chi connectivity index (χ4n) is 3.48. The van der Waals surface area contributed by atoms with Gasteiger partial charge in [0.25, 0.3) is 5.56 Å². The van der Waals surface area contributed by atoms with Crippen molar-refractivity contribution in [3.63, 3.8) is 0 Å². The van der Waals surface area contributed by atoms with Crippen molar-refractivity contribution in [2.45, 2.75) is 6.54 Å². The van der Waals surface area contributed by atoms with E-state index < -0.39 is 17.2 Å². The van der Waals surface area contributed by atoms with Crippen molar-refractivity contribution >= 4 is 21.9 Å².